The Balaban J connectivity index is 1.87. The maximum atomic E-state index is 8.68. The molecule has 0 aromatic carbocycles. The van der Waals surface area contributed by atoms with Gasteiger partial charge >= 0.3 is 0 Å². The van der Waals surface area contributed by atoms with Gasteiger partial charge in [0.25, 0.3) is 0 Å². The van der Waals surface area contributed by atoms with Crippen LogP contribution in [0.4, 0.5) is 0 Å². The molecular formula is C12H21N3. The lowest BCUT2D eigenvalue weighted by Crippen LogP contribution is -2.38. The van der Waals surface area contributed by atoms with Crippen LogP contribution in [0.15, 0.2) is 0 Å². The molecule has 1 aliphatic carbocycles. The van der Waals surface area contributed by atoms with Crippen LogP contribution in [0.1, 0.15) is 38.5 Å². The molecule has 1 saturated carbocycles. The Kier molecular flexibility index (Phi) is 3.99. The molecule has 2 rings (SSSR count). The van der Waals surface area contributed by atoms with Gasteiger partial charge in [-0.2, -0.15) is 5.26 Å². The summed E-state index contributed by atoms with van der Waals surface area (Å²) in [6.07, 6.45) is 7.28. The van der Waals surface area contributed by atoms with Crippen LogP contribution < -0.4 is 5.32 Å². The molecule has 1 saturated heterocycles. The first-order valence-corrected chi connectivity index (χ1v) is 6.25. The highest BCUT2D eigenvalue weighted by Gasteiger charge is 2.33. The highest BCUT2D eigenvalue weighted by atomic mass is 15.2. The third-order valence-electron chi connectivity index (χ3n) is 3.51. The topological polar surface area (TPSA) is 39.1 Å². The van der Waals surface area contributed by atoms with Crippen LogP contribution in [0.5, 0.6) is 0 Å². The molecule has 1 unspecified atom stereocenters. The van der Waals surface area contributed by atoms with E-state index in [1.54, 1.807) is 0 Å². The zero-order chi connectivity index (χ0) is 10.5. The SMILES string of the molecule is N#CCCN(C1CCCNCC1)C1CC1. The summed E-state index contributed by atoms with van der Waals surface area (Å²) in [5, 5.41) is 12.1. The van der Waals surface area contributed by atoms with E-state index in [-0.39, 0.29) is 0 Å². The van der Waals surface area contributed by atoms with Gasteiger partial charge in [-0.3, -0.25) is 4.90 Å². The summed E-state index contributed by atoms with van der Waals surface area (Å²) in [7, 11) is 0. The molecule has 1 aliphatic heterocycles. The van der Waals surface area contributed by atoms with Gasteiger partial charge in [-0.25, -0.2) is 0 Å². The molecule has 0 aromatic heterocycles. The summed E-state index contributed by atoms with van der Waals surface area (Å²) in [5.41, 5.74) is 0. The van der Waals surface area contributed by atoms with Gasteiger partial charge in [0.15, 0.2) is 0 Å². The molecule has 15 heavy (non-hydrogen) atoms. The van der Waals surface area contributed by atoms with E-state index in [4.69, 9.17) is 5.26 Å². The summed E-state index contributed by atoms with van der Waals surface area (Å²) in [6, 6.07) is 3.82. The number of nitrogens with zero attached hydrogens (tertiary/aromatic N) is 2. The highest BCUT2D eigenvalue weighted by molar-refractivity contribution is 4.91. The summed E-state index contributed by atoms with van der Waals surface area (Å²) in [6.45, 7) is 3.32. The van der Waals surface area contributed by atoms with Crippen LogP contribution in [0.25, 0.3) is 0 Å². The van der Waals surface area contributed by atoms with Crippen molar-refractivity contribution in [2.45, 2.75) is 50.6 Å². The van der Waals surface area contributed by atoms with Crippen molar-refractivity contribution in [2.75, 3.05) is 19.6 Å². The second kappa shape index (κ2) is 5.48. The van der Waals surface area contributed by atoms with Gasteiger partial charge in [-0.1, -0.05) is 0 Å². The molecule has 3 nitrogen and oxygen atoms in total. The maximum Gasteiger partial charge on any atom is 0.0635 e. The third-order valence-corrected chi connectivity index (χ3v) is 3.51. The standard InChI is InChI=1S/C12H21N3/c13-7-2-10-15(12-4-5-12)11-3-1-8-14-9-6-11/h11-12,14H,1-6,8-10H2. The molecule has 0 radical (unpaired) electrons. The third kappa shape index (κ3) is 3.19. The van der Waals surface area contributed by atoms with Gasteiger partial charge < -0.3 is 5.32 Å². The Morgan fingerprint density at radius 1 is 1.13 bits per heavy atom. The van der Waals surface area contributed by atoms with Crippen molar-refractivity contribution in [1.29, 1.82) is 5.26 Å². The van der Waals surface area contributed by atoms with Gasteiger partial charge in [-0.15, -0.1) is 0 Å². The van der Waals surface area contributed by atoms with Gasteiger partial charge in [0.1, 0.15) is 0 Å². The maximum absolute atomic E-state index is 8.68. The smallest absolute Gasteiger partial charge is 0.0635 e. The Bertz CT molecular complexity index is 222. The molecule has 3 heteroatoms. The monoisotopic (exact) mass is 207 g/mol. The highest BCUT2D eigenvalue weighted by Crippen LogP contribution is 2.31. The lowest BCUT2D eigenvalue weighted by atomic mass is 10.1. The second-order valence-corrected chi connectivity index (χ2v) is 4.71. The lowest BCUT2D eigenvalue weighted by molar-refractivity contribution is 0.176. The molecule has 0 bridgehead atoms. The normalized spacial score (nSPS) is 27.3. The van der Waals surface area contributed by atoms with Crippen LogP contribution in [0, 0.1) is 11.3 Å². The first-order valence-electron chi connectivity index (χ1n) is 6.25. The van der Waals surface area contributed by atoms with Gasteiger partial charge in [0.2, 0.25) is 0 Å². The molecular weight excluding hydrogens is 186 g/mol. The van der Waals surface area contributed by atoms with Crippen LogP contribution in [-0.2, 0) is 0 Å². The zero-order valence-corrected chi connectivity index (χ0v) is 9.41. The van der Waals surface area contributed by atoms with E-state index in [2.05, 4.69) is 16.3 Å². The zero-order valence-electron chi connectivity index (χ0n) is 9.41. The number of nitriles is 1. The number of hydrogen-bond donors (Lipinski definition) is 1. The summed E-state index contributed by atoms with van der Waals surface area (Å²) >= 11 is 0. The second-order valence-electron chi connectivity index (χ2n) is 4.71. The Morgan fingerprint density at radius 3 is 2.67 bits per heavy atom. The largest absolute Gasteiger partial charge is 0.317 e. The van der Waals surface area contributed by atoms with Crippen LogP contribution in [0.3, 0.4) is 0 Å². The van der Waals surface area contributed by atoms with Crippen molar-refractivity contribution in [2.24, 2.45) is 0 Å². The van der Waals surface area contributed by atoms with Gasteiger partial charge in [0.05, 0.1) is 6.07 Å². The molecule has 84 valence electrons. The van der Waals surface area contributed by atoms with Crippen molar-refractivity contribution >= 4 is 0 Å². The van der Waals surface area contributed by atoms with Crippen molar-refractivity contribution in [3.63, 3.8) is 0 Å². The van der Waals surface area contributed by atoms with E-state index >= 15 is 0 Å². The quantitative estimate of drug-likeness (QED) is 0.759. The Morgan fingerprint density at radius 2 is 1.93 bits per heavy atom. The summed E-state index contributed by atoms with van der Waals surface area (Å²) in [5.74, 6) is 0. The van der Waals surface area contributed by atoms with E-state index in [1.807, 2.05) is 0 Å². The van der Waals surface area contributed by atoms with E-state index in [1.165, 1.54) is 38.6 Å². The summed E-state index contributed by atoms with van der Waals surface area (Å²) < 4.78 is 0. The molecule has 0 aromatic rings. The molecule has 1 N–H and O–H groups in total. The lowest BCUT2D eigenvalue weighted by Gasteiger charge is -2.30. The fourth-order valence-electron chi connectivity index (χ4n) is 2.58. The molecule has 1 atom stereocenters. The van der Waals surface area contributed by atoms with E-state index in [0.717, 1.165) is 25.2 Å². The number of hydrogen-bond acceptors (Lipinski definition) is 3. The van der Waals surface area contributed by atoms with E-state index in [0.29, 0.717) is 6.42 Å². The Labute approximate surface area is 92.4 Å². The van der Waals surface area contributed by atoms with Gasteiger partial charge in [0, 0.05) is 25.0 Å². The predicted molar refractivity (Wildman–Crippen MR) is 60.5 cm³/mol. The van der Waals surface area contributed by atoms with Crippen LogP contribution in [0.2, 0.25) is 0 Å². The fourth-order valence-corrected chi connectivity index (χ4v) is 2.58. The van der Waals surface area contributed by atoms with Gasteiger partial charge in [-0.05, 0) is 45.2 Å². The molecule has 2 aliphatic rings. The average Bonchev–Trinajstić information content (AvgIpc) is 3.05. The fraction of sp³-hybridized carbons (Fsp3) is 0.917. The first-order chi connectivity index (χ1) is 7.42. The van der Waals surface area contributed by atoms with Crippen molar-refractivity contribution in [3.05, 3.63) is 0 Å². The minimum atomic E-state index is 0.695. The molecule has 0 spiro atoms. The minimum absolute atomic E-state index is 0.695. The molecule has 2 fully saturated rings. The number of rotatable bonds is 4. The van der Waals surface area contributed by atoms with Crippen molar-refractivity contribution in [3.8, 4) is 6.07 Å². The van der Waals surface area contributed by atoms with E-state index in [9.17, 15) is 0 Å². The van der Waals surface area contributed by atoms with Crippen LogP contribution >= 0.6 is 0 Å². The molecule has 0 amide bonds. The first kappa shape index (κ1) is 10.9. The number of nitrogens with one attached hydrogen (secondary N) is 1. The average molecular weight is 207 g/mol. The minimum Gasteiger partial charge on any atom is -0.317 e. The summed E-state index contributed by atoms with van der Waals surface area (Å²) in [4.78, 5) is 2.61. The van der Waals surface area contributed by atoms with Crippen LogP contribution in [-0.4, -0.2) is 36.6 Å². The van der Waals surface area contributed by atoms with Crippen molar-refractivity contribution in [1.82, 2.24) is 10.2 Å². The van der Waals surface area contributed by atoms with E-state index < -0.39 is 0 Å². The van der Waals surface area contributed by atoms with Crippen molar-refractivity contribution < 1.29 is 0 Å². The predicted octanol–water partition coefficient (Wildman–Crippen LogP) is 1.51. The molecule has 1 heterocycles. The Hall–Kier alpha value is -0.590.